The maximum absolute atomic E-state index is 11.7. The fourth-order valence-electron chi connectivity index (χ4n) is 3.46. The van der Waals surface area contributed by atoms with Gasteiger partial charge in [-0.25, -0.2) is 0 Å². The van der Waals surface area contributed by atoms with Crippen LogP contribution in [-0.2, 0) is 9.53 Å². The van der Waals surface area contributed by atoms with Crippen molar-refractivity contribution in [2.24, 2.45) is 5.92 Å². The van der Waals surface area contributed by atoms with Crippen LogP contribution in [0.15, 0.2) is 0 Å². The van der Waals surface area contributed by atoms with Crippen molar-refractivity contribution in [1.29, 1.82) is 0 Å². The number of likely N-dealkylation sites (tertiary alicyclic amines) is 1. The Hall–Kier alpha value is -0.610. The SMILES string of the molecule is CCN1CCCC1C1CNC(C)(C(=O)OC)C1. The average molecular weight is 240 g/mol. The summed E-state index contributed by atoms with van der Waals surface area (Å²) in [6.07, 6.45) is 3.47. The first-order valence-corrected chi connectivity index (χ1v) is 6.68. The maximum atomic E-state index is 11.7. The number of carbonyl (C=O) groups excluding carboxylic acids is 1. The lowest BCUT2D eigenvalue weighted by Crippen LogP contribution is -2.45. The molecule has 2 aliphatic heterocycles. The van der Waals surface area contributed by atoms with Crippen molar-refractivity contribution in [3.05, 3.63) is 0 Å². The predicted molar refractivity (Wildman–Crippen MR) is 66.8 cm³/mol. The lowest BCUT2D eigenvalue weighted by molar-refractivity contribution is -0.147. The van der Waals surface area contributed by atoms with Gasteiger partial charge in [0.25, 0.3) is 0 Å². The second-order valence-electron chi connectivity index (χ2n) is 5.51. The second kappa shape index (κ2) is 4.94. The highest BCUT2D eigenvalue weighted by molar-refractivity contribution is 5.80. The van der Waals surface area contributed by atoms with E-state index in [1.807, 2.05) is 6.92 Å². The Morgan fingerprint density at radius 3 is 3.00 bits per heavy atom. The zero-order valence-corrected chi connectivity index (χ0v) is 11.2. The van der Waals surface area contributed by atoms with E-state index in [9.17, 15) is 4.79 Å². The van der Waals surface area contributed by atoms with Crippen molar-refractivity contribution in [3.63, 3.8) is 0 Å². The van der Waals surface area contributed by atoms with Crippen LogP contribution in [0.5, 0.6) is 0 Å². The molecule has 0 aromatic carbocycles. The van der Waals surface area contributed by atoms with Crippen LogP contribution in [0.3, 0.4) is 0 Å². The Bertz CT molecular complexity index is 295. The topological polar surface area (TPSA) is 41.6 Å². The molecule has 0 aliphatic carbocycles. The Kier molecular flexibility index (Phi) is 3.73. The molecule has 0 bridgehead atoms. The van der Waals surface area contributed by atoms with E-state index >= 15 is 0 Å². The lowest BCUT2D eigenvalue weighted by atomic mass is 9.89. The van der Waals surface area contributed by atoms with Gasteiger partial charge < -0.3 is 15.0 Å². The van der Waals surface area contributed by atoms with Crippen molar-refractivity contribution in [1.82, 2.24) is 10.2 Å². The van der Waals surface area contributed by atoms with Gasteiger partial charge in [-0.05, 0) is 45.2 Å². The van der Waals surface area contributed by atoms with E-state index in [4.69, 9.17) is 4.74 Å². The van der Waals surface area contributed by atoms with Crippen LogP contribution in [0.2, 0.25) is 0 Å². The maximum Gasteiger partial charge on any atom is 0.325 e. The van der Waals surface area contributed by atoms with Gasteiger partial charge in [0.15, 0.2) is 0 Å². The minimum atomic E-state index is -0.471. The highest BCUT2D eigenvalue weighted by Gasteiger charge is 2.45. The fourth-order valence-corrected chi connectivity index (χ4v) is 3.46. The van der Waals surface area contributed by atoms with E-state index in [0.717, 1.165) is 19.5 Å². The Labute approximate surface area is 104 Å². The van der Waals surface area contributed by atoms with Gasteiger partial charge >= 0.3 is 5.97 Å². The van der Waals surface area contributed by atoms with Crippen LogP contribution in [0, 0.1) is 5.92 Å². The molecule has 2 saturated heterocycles. The summed E-state index contributed by atoms with van der Waals surface area (Å²) >= 11 is 0. The van der Waals surface area contributed by atoms with Crippen molar-refractivity contribution in [3.8, 4) is 0 Å². The van der Waals surface area contributed by atoms with Crippen molar-refractivity contribution in [2.75, 3.05) is 26.7 Å². The summed E-state index contributed by atoms with van der Waals surface area (Å²) in [4.78, 5) is 14.3. The first-order valence-electron chi connectivity index (χ1n) is 6.68. The molecule has 4 nitrogen and oxygen atoms in total. The number of hydrogen-bond donors (Lipinski definition) is 1. The molecule has 2 heterocycles. The van der Waals surface area contributed by atoms with Crippen LogP contribution >= 0.6 is 0 Å². The van der Waals surface area contributed by atoms with Crippen molar-refractivity contribution < 1.29 is 9.53 Å². The third kappa shape index (κ3) is 2.33. The van der Waals surface area contributed by atoms with E-state index in [1.165, 1.54) is 26.5 Å². The second-order valence-corrected chi connectivity index (χ2v) is 5.51. The molecule has 0 spiro atoms. The summed E-state index contributed by atoms with van der Waals surface area (Å²) < 4.78 is 4.89. The van der Waals surface area contributed by atoms with E-state index in [-0.39, 0.29) is 5.97 Å². The Balaban J connectivity index is 2.00. The van der Waals surface area contributed by atoms with Crippen LogP contribution in [0.4, 0.5) is 0 Å². The van der Waals surface area contributed by atoms with E-state index in [0.29, 0.717) is 12.0 Å². The van der Waals surface area contributed by atoms with Gasteiger partial charge in [0.2, 0.25) is 0 Å². The number of esters is 1. The van der Waals surface area contributed by atoms with Gasteiger partial charge in [0.1, 0.15) is 5.54 Å². The van der Waals surface area contributed by atoms with E-state index < -0.39 is 5.54 Å². The molecular weight excluding hydrogens is 216 g/mol. The minimum absolute atomic E-state index is 0.124. The quantitative estimate of drug-likeness (QED) is 0.748. The molecule has 3 atom stereocenters. The number of nitrogens with one attached hydrogen (secondary N) is 1. The molecule has 2 fully saturated rings. The largest absolute Gasteiger partial charge is 0.468 e. The highest BCUT2D eigenvalue weighted by atomic mass is 16.5. The molecule has 2 rings (SSSR count). The number of nitrogens with zero attached hydrogens (tertiary/aromatic N) is 1. The molecule has 4 heteroatoms. The molecule has 98 valence electrons. The normalized spacial score (nSPS) is 38.5. The monoisotopic (exact) mass is 240 g/mol. The molecule has 0 amide bonds. The van der Waals surface area contributed by atoms with Crippen LogP contribution in [0.1, 0.15) is 33.1 Å². The van der Waals surface area contributed by atoms with Gasteiger partial charge in [0.05, 0.1) is 7.11 Å². The number of carbonyl (C=O) groups is 1. The lowest BCUT2D eigenvalue weighted by Gasteiger charge is -2.28. The number of methoxy groups -OCH3 is 1. The first-order chi connectivity index (χ1) is 8.10. The van der Waals surface area contributed by atoms with Crippen LogP contribution in [-0.4, -0.2) is 49.2 Å². The summed E-state index contributed by atoms with van der Waals surface area (Å²) in [6, 6.07) is 0.652. The predicted octanol–water partition coefficient (Wildman–Crippen LogP) is 1.01. The Morgan fingerprint density at radius 1 is 1.59 bits per heavy atom. The van der Waals surface area contributed by atoms with Crippen LogP contribution in [0.25, 0.3) is 0 Å². The van der Waals surface area contributed by atoms with Gasteiger partial charge in [0, 0.05) is 12.6 Å². The third-order valence-corrected chi connectivity index (χ3v) is 4.43. The number of hydrogen-bond acceptors (Lipinski definition) is 4. The molecule has 1 N–H and O–H groups in total. The third-order valence-electron chi connectivity index (χ3n) is 4.43. The van der Waals surface area contributed by atoms with Gasteiger partial charge in [-0.2, -0.15) is 0 Å². The van der Waals surface area contributed by atoms with E-state index in [2.05, 4.69) is 17.1 Å². The zero-order chi connectivity index (χ0) is 12.5. The molecule has 2 aliphatic rings. The smallest absolute Gasteiger partial charge is 0.325 e. The molecule has 0 radical (unpaired) electrons. The number of rotatable bonds is 3. The molecule has 17 heavy (non-hydrogen) atoms. The first kappa shape index (κ1) is 12.8. The van der Waals surface area contributed by atoms with Gasteiger partial charge in [-0.3, -0.25) is 4.79 Å². The van der Waals surface area contributed by atoms with Crippen molar-refractivity contribution >= 4 is 5.97 Å². The van der Waals surface area contributed by atoms with Crippen molar-refractivity contribution in [2.45, 2.75) is 44.7 Å². The summed E-state index contributed by atoms with van der Waals surface area (Å²) in [5, 5.41) is 3.35. The molecule has 3 unspecified atom stereocenters. The summed E-state index contributed by atoms with van der Waals surface area (Å²) in [5.41, 5.74) is -0.471. The number of ether oxygens (including phenoxy) is 1. The molecule has 0 aromatic rings. The highest BCUT2D eigenvalue weighted by Crippen LogP contribution is 2.33. The Morgan fingerprint density at radius 2 is 2.35 bits per heavy atom. The molecule has 0 saturated carbocycles. The molecule has 0 aromatic heterocycles. The van der Waals surface area contributed by atoms with Crippen LogP contribution < -0.4 is 5.32 Å². The summed E-state index contributed by atoms with van der Waals surface area (Å²) in [6.45, 7) is 7.46. The minimum Gasteiger partial charge on any atom is -0.468 e. The summed E-state index contributed by atoms with van der Waals surface area (Å²) in [7, 11) is 1.47. The standard InChI is InChI=1S/C13H24N2O2/c1-4-15-7-5-6-11(15)10-8-13(2,14-9-10)12(16)17-3/h10-11,14H,4-9H2,1-3H3. The van der Waals surface area contributed by atoms with Gasteiger partial charge in [-0.1, -0.05) is 6.92 Å². The van der Waals surface area contributed by atoms with E-state index in [1.54, 1.807) is 0 Å². The summed E-state index contributed by atoms with van der Waals surface area (Å²) in [5.74, 6) is 0.461. The average Bonchev–Trinajstić information content (AvgIpc) is 2.94. The van der Waals surface area contributed by atoms with Gasteiger partial charge in [-0.15, -0.1) is 0 Å². The zero-order valence-electron chi connectivity index (χ0n) is 11.2. The molecular formula is C13H24N2O2. The fraction of sp³-hybridized carbons (Fsp3) is 0.923.